The number of nitrogens with one attached hydrogen (secondary N) is 1. The molecule has 0 bridgehead atoms. The number of H-pyrrole nitrogens is 1. The van der Waals surface area contributed by atoms with Crippen LogP contribution < -0.4 is 11.3 Å². The van der Waals surface area contributed by atoms with Crippen molar-refractivity contribution in [1.29, 1.82) is 0 Å². The zero-order valence-corrected chi connectivity index (χ0v) is 17.5. The molecule has 2 fully saturated rings. The van der Waals surface area contributed by atoms with Gasteiger partial charge in [-0.25, -0.2) is 5.10 Å². The number of nitrogen functional groups attached to an aromatic ring is 1. The van der Waals surface area contributed by atoms with Crippen molar-refractivity contribution >= 4 is 22.6 Å². The van der Waals surface area contributed by atoms with Gasteiger partial charge in [0.2, 0.25) is 5.91 Å². The molecular weight excluding hydrogens is 412 g/mol. The summed E-state index contributed by atoms with van der Waals surface area (Å²) in [6, 6.07) is 7.48. The van der Waals surface area contributed by atoms with Crippen LogP contribution in [0.2, 0.25) is 0 Å². The molecule has 10 heteroatoms. The summed E-state index contributed by atoms with van der Waals surface area (Å²) in [5.74, 6) is 0.0654. The largest absolute Gasteiger partial charge is 0.382 e. The van der Waals surface area contributed by atoms with E-state index >= 15 is 0 Å². The number of piperidine rings is 1. The molecule has 0 radical (unpaired) electrons. The van der Waals surface area contributed by atoms with Crippen LogP contribution in [0.25, 0.3) is 22.2 Å². The summed E-state index contributed by atoms with van der Waals surface area (Å²) in [6.45, 7) is 5.81. The number of benzene rings is 1. The molecule has 10 nitrogen and oxygen atoms in total. The number of nitrogens with zero attached hydrogens (tertiary/aromatic N) is 4. The molecule has 3 aromatic rings. The molecular formula is C22H24N6O4. The van der Waals surface area contributed by atoms with Crippen LogP contribution in [0, 0.1) is 0 Å². The van der Waals surface area contributed by atoms with Crippen LogP contribution in [0.3, 0.4) is 0 Å². The highest BCUT2D eigenvalue weighted by Gasteiger charge is 2.29. The lowest BCUT2D eigenvalue weighted by atomic mass is 10.1. The van der Waals surface area contributed by atoms with Crippen LogP contribution >= 0.6 is 0 Å². The lowest BCUT2D eigenvalue weighted by Gasteiger charge is -2.32. The number of aromatic nitrogens is 4. The average Bonchev–Trinajstić information content (AvgIpc) is 3.50. The molecule has 32 heavy (non-hydrogen) atoms. The molecule has 4 heterocycles. The minimum atomic E-state index is -0.372. The normalized spacial score (nSPS) is 19.5. The van der Waals surface area contributed by atoms with E-state index in [4.69, 9.17) is 20.3 Å². The molecule has 0 aliphatic carbocycles. The Hall–Kier alpha value is -3.50. The number of aromatic amines is 1. The van der Waals surface area contributed by atoms with Crippen molar-refractivity contribution < 1.29 is 14.3 Å². The number of amides is 1. The first-order valence-corrected chi connectivity index (χ1v) is 10.6. The van der Waals surface area contributed by atoms with Crippen molar-refractivity contribution in [2.24, 2.45) is 0 Å². The van der Waals surface area contributed by atoms with Gasteiger partial charge in [-0.3, -0.25) is 14.3 Å². The van der Waals surface area contributed by atoms with E-state index < -0.39 is 0 Å². The van der Waals surface area contributed by atoms with Crippen molar-refractivity contribution in [3.05, 3.63) is 52.8 Å². The summed E-state index contributed by atoms with van der Waals surface area (Å²) < 4.78 is 12.8. The smallest absolute Gasteiger partial charge is 0.290 e. The highest BCUT2D eigenvalue weighted by Crippen LogP contribution is 2.34. The Morgan fingerprint density at radius 2 is 2.00 bits per heavy atom. The number of likely N-dealkylation sites (tertiary alicyclic amines) is 1. The fraction of sp³-hybridized carbons (Fsp3) is 0.364. The van der Waals surface area contributed by atoms with Gasteiger partial charge in [0.15, 0.2) is 12.1 Å². The summed E-state index contributed by atoms with van der Waals surface area (Å²) in [4.78, 5) is 26.7. The highest BCUT2D eigenvalue weighted by atomic mass is 16.7. The van der Waals surface area contributed by atoms with Crippen molar-refractivity contribution in [2.45, 2.75) is 25.2 Å². The molecule has 1 atom stereocenters. The maximum absolute atomic E-state index is 12.8. The third kappa shape index (κ3) is 3.47. The number of rotatable bonds is 4. The number of ether oxygens (including phenoxy) is 2. The van der Waals surface area contributed by atoms with E-state index in [0.717, 1.165) is 24.0 Å². The molecule has 166 valence electrons. The molecule has 5 rings (SSSR count). The monoisotopic (exact) mass is 436 g/mol. The average molecular weight is 436 g/mol. The quantitative estimate of drug-likeness (QED) is 0.596. The topological polar surface area (TPSA) is 128 Å². The Labute approximate surface area is 183 Å². The molecule has 1 aromatic carbocycles. The van der Waals surface area contributed by atoms with E-state index in [1.165, 1.54) is 6.08 Å². The lowest BCUT2D eigenvalue weighted by molar-refractivity contribution is -0.127. The Balaban J connectivity index is 1.58. The van der Waals surface area contributed by atoms with E-state index in [1.54, 1.807) is 9.58 Å². The van der Waals surface area contributed by atoms with Crippen LogP contribution in [0.15, 0.2) is 41.7 Å². The predicted octanol–water partition coefficient (Wildman–Crippen LogP) is 1.76. The third-order valence-electron chi connectivity index (χ3n) is 5.97. The number of hydrogen-bond acceptors (Lipinski definition) is 7. The van der Waals surface area contributed by atoms with E-state index in [-0.39, 0.29) is 29.6 Å². The number of anilines is 1. The van der Waals surface area contributed by atoms with Gasteiger partial charge in [0.1, 0.15) is 11.2 Å². The minimum Gasteiger partial charge on any atom is -0.382 e. The van der Waals surface area contributed by atoms with Gasteiger partial charge in [-0.1, -0.05) is 30.8 Å². The molecule has 0 unspecified atom stereocenters. The van der Waals surface area contributed by atoms with Crippen molar-refractivity contribution in [2.75, 3.05) is 32.0 Å². The molecule has 2 aliphatic heterocycles. The van der Waals surface area contributed by atoms with Gasteiger partial charge in [-0.2, -0.15) is 10.2 Å². The van der Waals surface area contributed by atoms with E-state index in [0.29, 0.717) is 42.9 Å². The number of fused-ring (bicyclic) bond motifs is 1. The van der Waals surface area contributed by atoms with Gasteiger partial charge in [-0.05, 0) is 18.9 Å². The summed E-state index contributed by atoms with van der Waals surface area (Å²) >= 11 is 0. The van der Waals surface area contributed by atoms with Crippen LogP contribution in [-0.4, -0.2) is 57.1 Å². The van der Waals surface area contributed by atoms with Gasteiger partial charge in [0.25, 0.3) is 5.56 Å². The summed E-state index contributed by atoms with van der Waals surface area (Å²) in [5, 5.41) is 11.7. The second kappa shape index (κ2) is 8.21. The van der Waals surface area contributed by atoms with E-state index in [9.17, 15) is 9.59 Å². The first kappa shape index (κ1) is 20.4. The van der Waals surface area contributed by atoms with Crippen LogP contribution in [0.1, 0.15) is 30.7 Å². The van der Waals surface area contributed by atoms with Crippen molar-refractivity contribution in [3.63, 3.8) is 0 Å². The molecule has 1 amide bonds. The highest BCUT2D eigenvalue weighted by molar-refractivity contribution is 5.99. The zero-order valence-electron chi connectivity index (χ0n) is 17.5. The van der Waals surface area contributed by atoms with Crippen molar-refractivity contribution in [3.8, 4) is 11.3 Å². The molecule has 2 aliphatic rings. The van der Waals surface area contributed by atoms with Crippen molar-refractivity contribution in [1.82, 2.24) is 24.9 Å². The summed E-state index contributed by atoms with van der Waals surface area (Å²) in [5.41, 5.74) is 8.44. The molecule has 3 N–H and O–H groups in total. The molecule has 2 aromatic heterocycles. The number of carbonyl (C=O) groups is 1. The fourth-order valence-electron chi connectivity index (χ4n) is 4.41. The Bertz CT molecular complexity index is 1230. The van der Waals surface area contributed by atoms with E-state index in [1.807, 2.05) is 24.3 Å². The number of carbonyl (C=O) groups excluding carboxylic acids is 1. The maximum atomic E-state index is 12.8. The van der Waals surface area contributed by atoms with Crippen LogP contribution in [0.4, 0.5) is 5.82 Å². The van der Waals surface area contributed by atoms with Gasteiger partial charge in [-0.15, -0.1) is 0 Å². The van der Waals surface area contributed by atoms with Crippen LogP contribution in [-0.2, 0) is 14.3 Å². The molecule has 0 saturated carbocycles. The predicted molar refractivity (Wildman–Crippen MR) is 118 cm³/mol. The summed E-state index contributed by atoms with van der Waals surface area (Å²) in [7, 11) is 0. The lowest BCUT2D eigenvalue weighted by Crippen LogP contribution is -2.40. The number of hydrogen-bond donors (Lipinski definition) is 2. The van der Waals surface area contributed by atoms with E-state index in [2.05, 4.69) is 16.8 Å². The fourth-order valence-corrected chi connectivity index (χ4v) is 4.41. The number of nitrogens with two attached hydrogens (primary N) is 1. The zero-order chi connectivity index (χ0) is 22.2. The third-order valence-corrected chi connectivity index (χ3v) is 5.97. The molecule has 0 spiro atoms. The second-order valence-corrected chi connectivity index (χ2v) is 7.93. The Morgan fingerprint density at radius 1 is 1.25 bits per heavy atom. The van der Waals surface area contributed by atoms with Gasteiger partial charge in [0.05, 0.1) is 24.6 Å². The van der Waals surface area contributed by atoms with Gasteiger partial charge in [0, 0.05) is 24.2 Å². The SMILES string of the molecule is C=CC(=O)N1CCC[C@@H](n2nc(-c3ccc(C4OCCO4)cc3)c3c(N)n[nH]c(=O)c32)C1. The standard InChI is InChI=1S/C22H24N6O4/c1-2-16(29)27-9-3-4-15(12-27)28-19-17(20(23)24-25-21(19)30)18(26-28)13-5-7-14(8-6-13)22-31-10-11-32-22/h2,5-8,15,22H,1,3-4,9-12H2,(H2,23,24)(H,25,30)/t15-/m1/s1. The molecule has 2 saturated heterocycles. The maximum Gasteiger partial charge on any atom is 0.290 e. The first-order valence-electron chi connectivity index (χ1n) is 10.6. The van der Waals surface area contributed by atoms with Crippen LogP contribution in [0.5, 0.6) is 0 Å². The van der Waals surface area contributed by atoms with Gasteiger partial charge >= 0.3 is 0 Å². The Kier molecular flexibility index (Phi) is 5.24. The Morgan fingerprint density at radius 3 is 2.72 bits per heavy atom. The second-order valence-electron chi connectivity index (χ2n) is 7.93. The minimum absolute atomic E-state index is 0.131. The summed E-state index contributed by atoms with van der Waals surface area (Å²) in [6.07, 6.45) is 2.52. The first-order chi connectivity index (χ1) is 15.6. The van der Waals surface area contributed by atoms with Gasteiger partial charge < -0.3 is 20.1 Å².